The monoisotopic (exact) mass is 283 g/mol. The minimum atomic E-state index is -0.726. The molecule has 2 aliphatic heterocycles. The zero-order chi connectivity index (χ0) is 14.8. The summed E-state index contributed by atoms with van der Waals surface area (Å²) in [5.41, 5.74) is -0.726. The van der Waals surface area contributed by atoms with Crippen molar-refractivity contribution in [1.82, 2.24) is 15.1 Å². The molecule has 0 aromatic carbocycles. The molecule has 2 saturated heterocycles. The quantitative estimate of drug-likeness (QED) is 0.778. The van der Waals surface area contributed by atoms with Crippen LogP contribution in [0.4, 0.5) is 0 Å². The average Bonchev–Trinajstić information content (AvgIpc) is 2.42. The molecule has 0 spiro atoms. The lowest BCUT2D eigenvalue weighted by atomic mass is 9.89. The van der Waals surface area contributed by atoms with Gasteiger partial charge in [0.15, 0.2) is 0 Å². The van der Waals surface area contributed by atoms with E-state index in [9.17, 15) is 9.59 Å². The summed E-state index contributed by atoms with van der Waals surface area (Å²) in [5, 5.41) is 2.87. The smallest absolute Gasteiger partial charge is 0.248 e. The first-order valence-corrected chi connectivity index (χ1v) is 7.41. The fourth-order valence-electron chi connectivity index (χ4n) is 3.01. The number of nitrogens with one attached hydrogen (secondary N) is 1. The lowest BCUT2D eigenvalue weighted by molar-refractivity contribution is -0.153. The minimum absolute atomic E-state index is 0.00462. The van der Waals surface area contributed by atoms with Crippen molar-refractivity contribution in [1.29, 1.82) is 0 Å². The Morgan fingerprint density at radius 2 is 2.05 bits per heavy atom. The Hall–Kier alpha value is -1.14. The van der Waals surface area contributed by atoms with Crippen LogP contribution in [0.5, 0.6) is 0 Å². The molecule has 2 amide bonds. The number of nitrogens with zero attached hydrogens (tertiary/aromatic N) is 2. The first-order valence-electron chi connectivity index (χ1n) is 7.41. The molecule has 1 atom stereocenters. The van der Waals surface area contributed by atoms with Crippen molar-refractivity contribution < 1.29 is 14.3 Å². The number of morpholine rings is 1. The molecule has 1 unspecified atom stereocenters. The van der Waals surface area contributed by atoms with E-state index in [4.69, 9.17) is 4.74 Å². The van der Waals surface area contributed by atoms with Gasteiger partial charge >= 0.3 is 0 Å². The van der Waals surface area contributed by atoms with Crippen LogP contribution < -0.4 is 5.32 Å². The van der Waals surface area contributed by atoms with Crippen molar-refractivity contribution in [2.24, 2.45) is 0 Å². The van der Waals surface area contributed by atoms with E-state index in [1.807, 2.05) is 20.9 Å². The maximum atomic E-state index is 12.7. The standard InChI is InChI=1S/C14H25N3O3/c1-4-14(5-2)13(19)17(10-12(18)15-14)9-11-8-16(3)6-7-20-11/h11H,4-10H2,1-3H3,(H,15,18). The van der Waals surface area contributed by atoms with E-state index < -0.39 is 5.54 Å². The Morgan fingerprint density at radius 1 is 1.35 bits per heavy atom. The predicted octanol–water partition coefficient (Wildman–Crippen LogP) is -0.166. The summed E-state index contributed by atoms with van der Waals surface area (Å²) >= 11 is 0. The largest absolute Gasteiger partial charge is 0.374 e. The molecule has 2 fully saturated rings. The highest BCUT2D eigenvalue weighted by Gasteiger charge is 2.44. The van der Waals surface area contributed by atoms with Crippen molar-refractivity contribution in [2.45, 2.75) is 38.3 Å². The number of hydrogen-bond acceptors (Lipinski definition) is 4. The summed E-state index contributed by atoms with van der Waals surface area (Å²) in [6.45, 7) is 6.92. The van der Waals surface area contributed by atoms with Gasteiger partial charge in [-0.15, -0.1) is 0 Å². The molecule has 6 nitrogen and oxygen atoms in total. The molecule has 0 aromatic heterocycles. The van der Waals surface area contributed by atoms with Crippen molar-refractivity contribution in [3.8, 4) is 0 Å². The number of likely N-dealkylation sites (N-methyl/N-ethyl adjacent to an activating group) is 1. The van der Waals surface area contributed by atoms with E-state index in [0.29, 0.717) is 26.0 Å². The number of hydrogen-bond donors (Lipinski definition) is 1. The van der Waals surface area contributed by atoms with Crippen molar-refractivity contribution >= 4 is 11.8 Å². The highest BCUT2D eigenvalue weighted by molar-refractivity contribution is 5.97. The third kappa shape index (κ3) is 2.96. The topological polar surface area (TPSA) is 61.9 Å². The average molecular weight is 283 g/mol. The highest BCUT2D eigenvalue weighted by Crippen LogP contribution is 2.22. The van der Waals surface area contributed by atoms with Gasteiger partial charge in [0.2, 0.25) is 11.8 Å². The van der Waals surface area contributed by atoms with Crippen molar-refractivity contribution in [3.05, 3.63) is 0 Å². The molecule has 0 radical (unpaired) electrons. The zero-order valence-corrected chi connectivity index (χ0v) is 12.6. The number of amides is 2. The normalized spacial score (nSPS) is 27.6. The van der Waals surface area contributed by atoms with Crippen LogP contribution in [0.1, 0.15) is 26.7 Å². The second kappa shape index (κ2) is 6.10. The summed E-state index contributed by atoms with van der Waals surface area (Å²) in [6, 6.07) is 0. The van der Waals surface area contributed by atoms with E-state index >= 15 is 0 Å². The number of piperazine rings is 1. The number of ether oxygens (including phenoxy) is 1. The molecule has 2 rings (SSSR count). The second-order valence-corrected chi connectivity index (χ2v) is 5.78. The first kappa shape index (κ1) is 15.3. The maximum absolute atomic E-state index is 12.7. The third-order valence-corrected chi connectivity index (χ3v) is 4.38. The molecule has 0 bridgehead atoms. The Balaban J connectivity index is 2.06. The molecular formula is C14H25N3O3. The van der Waals surface area contributed by atoms with Gasteiger partial charge in [0, 0.05) is 19.6 Å². The van der Waals surface area contributed by atoms with Gasteiger partial charge in [0.25, 0.3) is 0 Å². The van der Waals surface area contributed by atoms with Crippen LogP contribution in [-0.4, -0.2) is 73.1 Å². The molecule has 6 heteroatoms. The summed E-state index contributed by atoms with van der Waals surface area (Å²) in [6.07, 6.45) is 1.24. The third-order valence-electron chi connectivity index (χ3n) is 4.38. The van der Waals surface area contributed by atoms with Crippen LogP contribution in [0.2, 0.25) is 0 Å². The zero-order valence-electron chi connectivity index (χ0n) is 12.6. The number of carbonyl (C=O) groups excluding carboxylic acids is 2. The maximum Gasteiger partial charge on any atom is 0.248 e. The highest BCUT2D eigenvalue weighted by atomic mass is 16.5. The van der Waals surface area contributed by atoms with Gasteiger partial charge in [-0.1, -0.05) is 13.8 Å². The van der Waals surface area contributed by atoms with Crippen molar-refractivity contribution in [2.75, 3.05) is 39.8 Å². The van der Waals surface area contributed by atoms with Crippen LogP contribution in [0.15, 0.2) is 0 Å². The summed E-state index contributed by atoms with van der Waals surface area (Å²) in [5.74, 6) is -0.0450. The van der Waals surface area contributed by atoms with Gasteiger partial charge in [-0.3, -0.25) is 9.59 Å². The number of rotatable bonds is 4. The van der Waals surface area contributed by atoms with E-state index in [1.54, 1.807) is 4.90 Å². The molecule has 0 aliphatic carbocycles. The van der Waals surface area contributed by atoms with Crippen molar-refractivity contribution in [3.63, 3.8) is 0 Å². The van der Waals surface area contributed by atoms with Crippen LogP contribution in [0.25, 0.3) is 0 Å². The fourth-order valence-corrected chi connectivity index (χ4v) is 3.01. The van der Waals surface area contributed by atoms with E-state index in [1.165, 1.54) is 0 Å². The summed E-state index contributed by atoms with van der Waals surface area (Å²) in [7, 11) is 2.04. The lowest BCUT2D eigenvalue weighted by Crippen LogP contribution is -2.67. The Morgan fingerprint density at radius 3 is 2.65 bits per heavy atom. The first-order chi connectivity index (χ1) is 9.50. The molecule has 2 aliphatic rings. The lowest BCUT2D eigenvalue weighted by Gasteiger charge is -2.43. The molecule has 0 aromatic rings. The Bertz CT molecular complexity index is 382. The van der Waals surface area contributed by atoms with Crippen LogP contribution in [0, 0.1) is 0 Å². The van der Waals surface area contributed by atoms with Gasteiger partial charge < -0.3 is 19.9 Å². The van der Waals surface area contributed by atoms with E-state index in [-0.39, 0.29) is 24.5 Å². The molecule has 20 heavy (non-hydrogen) atoms. The number of carbonyl (C=O) groups is 2. The van der Waals surface area contributed by atoms with Crippen LogP contribution in [-0.2, 0) is 14.3 Å². The van der Waals surface area contributed by atoms with E-state index in [0.717, 1.165) is 13.1 Å². The molecule has 114 valence electrons. The fraction of sp³-hybridized carbons (Fsp3) is 0.857. The molecule has 0 saturated carbocycles. The minimum Gasteiger partial charge on any atom is -0.374 e. The predicted molar refractivity (Wildman–Crippen MR) is 75.3 cm³/mol. The molecule has 1 N–H and O–H groups in total. The summed E-state index contributed by atoms with van der Waals surface area (Å²) in [4.78, 5) is 28.4. The van der Waals surface area contributed by atoms with Crippen LogP contribution >= 0.6 is 0 Å². The van der Waals surface area contributed by atoms with Gasteiger partial charge in [-0.2, -0.15) is 0 Å². The molecular weight excluding hydrogens is 258 g/mol. The van der Waals surface area contributed by atoms with Gasteiger partial charge in [0.05, 0.1) is 19.3 Å². The molecule has 2 heterocycles. The second-order valence-electron chi connectivity index (χ2n) is 5.78. The van der Waals surface area contributed by atoms with Crippen LogP contribution in [0.3, 0.4) is 0 Å². The Labute approximate surface area is 120 Å². The van der Waals surface area contributed by atoms with Gasteiger partial charge in [-0.25, -0.2) is 0 Å². The summed E-state index contributed by atoms with van der Waals surface area (Å²) < 4.78 is 5.70. The SMILES string of the molecule is CCC1(CC)NC(=O)CN(CC2CN(C)CCO2)C1=O. The Kier molecular flexibility index (Phi) is 4.65. The van der Waals surface area contributed by atoms with Gasteiger partial charge in [0.1, 0.15) is 5.54 Å². The van der Waals surface area contributed by atoms with E-state index in [2.05, 4.69) is 10.2 Å². The van der Waals surface area contributed by atoms with Gasteiger partial charge in [-0.05, 0) is 19.9 Å².